The molecule has 0 N–H and O–H groups in total. The predicted octanol–water partition coefficient (Wildman–Crippen LogP) is 3.37. The zero-order chi connectivity index (χ0) is 10.8. The highest BCUT2D eigenvalue weighted by atomic mass is 35.5. The molecule has 0 saturated heterocycles. The van der Waals surface area contributed by atoms with Crippen molar-refractivity contribution >= 4 is 23.2 Å². The first-order chi connectivity index (χ1) is 6.40. The van der Waals surface area contributed by atoms with Crippen molar-refractivity contribution in [2.45, 2.75) is 12.2 Å². The molecule has 0 aliphatic heterocycles. The third kappa shape index (κ3) is 3.59. The smallest absolute Gasteiger partial charge is 0.388 e. The molecule has 0 radical (unpaired) electrons. The number of hydrogen-bond acceptors (Lipinski definition) is 2. The number of alkyl halides is 4. The van der Waals surface area contributed by atoms with Crippen LogP contribution in [0.15, 0.2) is 12.1 Å². The maximum atomic E-state index is 11.8. The Morgan fingerprint density at radius 3 is 2.50 bits per heavy atom. The summed E-state index contributed by atoms with van der Waals surface area (Å²) in [6.07, 6.45) is -4.78. The average molecular weight is 246 g/mol. The molecule has 0 saturated carbocycles. The van der Waals surface area contributed by atoms with Gasteiger partial charge in [0.15, 0.2) is 0 Å². The van der Waals surface area contributed by atoms with Gasteiger partial charge in [-0.3, -0.25) is 0 Å². The third-order valence-corrected chi connectivity index (χ3v) is 1.71. The fourth-order valence-corrected chi connectivity index (χ4v) is 1.15. The number of halogens is 5. The molecule has 1 aromatic rings. The number of pyridine rings is 1. The molecule has 7 heteroatoms. The summed E-state index contributed by atoms with van der Waals surface area (Å²) in [6, 6.07) is 2.43. The van der Waals surface area contributed by atoms with Crippen molar-refractivity contribution in [3.05, 3.63) is 22.8 Å². The quantitative estimate of drug-likeness (QED) is 0.589. The molecular weight excluding hydrogens is 242 g/mol. The van der Waals surface area contributed by atoms with Crippen molar-refractivity contribution in [2.24, 2.45) is 0 Å². The first kappa shape index (κ1) is 11.4. The lowest BCUT2D eigenvalue weighted by molar-refractivity contribution is -0.276. The van der Waals surface area contributed by atoms with E-state index in [1.807, 2.05) is 0 Å². The summed E-state index contributed by atoms with van der Waals surface area (Å²) in [6.45, 7) is 0. The Hall–Kier alpha value is -0.680. The largest absolute Gasteiger partial charge is 0.574 e. The molecule has 2 nitrogen and oxygen atoms in total. The molecular formula is C7H4Cl2F3NO. The fraction of sp³-hybridized carbons (Fsp3) is 0.286. The SMILES string of the molecule is FC(F)(F)Oc1cc(CCl)cc(Cl)n1. The highest BCUT2D eigenvalue weighted by molar-refractivity contribution is 6.29. The van der Waals surface area contributed by atoms with Gasteiger partial charge in [-0.2, -0.15) is 0 Å². The minimum Gasteiger partial charge on any atom is -0.388 e. The van der Waals surface area contributed by atoms with Crippen LogP contribution in [0.1, 0.15) is 5.56 Å². The van der Waals surface area contributed by atoms with Crippen LogP contribution in [-0.2, 0) is 5.88 Å². The molecule has 0 aliphatic rings. The second kappa shape index (κ2) is 4.23. The zero-order valence-corrected chi connectivity index (χ0v) is 8.12. The minimum atomic E-state index is -4.78. The third-order valence-electron chi connectivity index (χ3n) is 1.20. The van der Waals surface area contributed by atoms with Gasteiger partial charge in [0.05, 0.1) is 0 Å². The van der Waals surface area contributed by atoms with Crippen LogP contribution < -0.4 is 4.74 Å². The first-order valence-electron chi connectivity index (χ1n) is 3.39. The molecule has 0 aromatic carbocycles. The molecule has 0 spiro atoms. The van der Waals surface area contributed by atoms with Crippen LogP contribution in [0.4, 0.5) is 13.2 Å². The van der Waals surface area contributed by atoms with Crippen molar-refractivity contribution in [2.75, 3.05) is 0 Å². The van der Waals surface area contributed by atoms with Gasteiger partial charge in [-0.15, -0.1) is 24.8 Å². The topological polar surface area (TPSA) is 22.1 Å². The van der Waals surface area contributed by atoms with E-state index in [9.17, 15) is 13.2 Å². The Kier molecular flexibility index (Phi) is 3.44. The average Bonchev–Trinajstić information content (AvgIpc) is 1.99. The molecule has 14 heavy (non-hydrogen) atoms. The standard InChI is InChI=1S/C7H4Cl2F3NO/c8-3-4-1-5(9)13-6(2-4)14-7(10,11)12/h1-2H,3H2. The lowest BCUT2D eigenvalue weighted by Gasteiger charge is -2.08. The van der Waals surface area contributed by atoms with E-state index in [0.29, 0.717) is 5.56 Å². The second-order valence-electron chi connectivity index (χ2n) is 2.32. The van der Waals surface area contributed by atoms with Crippen molar-refractivity contribution in [1.82, 2.24) is 4.98 Å². The van der Waals surface area contributed by atoms with Crippen LogP contribution in [-0.4, -0.2) is 11.3 Å². The molecule has 0 atom stereocenters. The summed E-state index contributed by atoms with van der Waals surface area (Å²) in [5.74, 6) is -0.572. The van der Waals surface area contributed by atoms with Gasteiger partial charge in [-0.1, -0.05) is 11.6 Å². The summed E-state index contributed by atoms with van der Waals surface area (Å²) in [7, 11) is 0. The van der Waals surface area contributed by atoms with Gasteiger partial charge in [-0.05, 0) is 11.6 Å². The molecule has 1 heterocycles. The Bertz CT molecular complexity index is 329. The van der Waals surface area contributed by atoms with E-state index in [0.717, 1.165) is 6.07 Å². The molecule has 0 fully saturated rings. The van der Waals surface area contributed by atoms with E-state index < -0.39 is 12.2 Å². The van der Waals surface area contributed by atoms with Crippen molar-refractivity contribution in [3.63, 3.8) is 0 Å². The summed E-state index contributed by atoms with van der Waals surface area (Å²) in [5, 5.41) is -0.0950. The van der Waals surface area contributed by atoms with Gasteiger partial charge in [0.25, 0.3) is 0 Å². The minimum absolute atomic E-state index is 0.0382. The number of rotatable bonds is 2. The van der Waals surface area contributed by atoms with E-state index in [4.69, 9.17) is 23.2 Å². The molecule has 0 aliphatic carbocycles. The van der Waals surface area contributed by atoms with E-state index in [1.54, 1.807) is 0 Å². The lowest BCUT2D eigenvalue weighted by Crippen LogP contribution is -2.18. The van der Waals surface area contributed by atoms with Gasteiger partial charge in [0.2, 0.25) is 5.88 Å². The molecule has 1 rings (SSSR count). The van der Waals surface area contributed by atoms with Gasteiger partial charge in [-0.25, -0.2) is 4.98 Å². The van der Waals surface area contributed by atoms with Crippen LogP contribution in [0.5, 0.6) is 5.88 Å². The second-order valence-corrected chi connectivity index (χ2v) is 2.97. The molecule has 78 valence electrons. The van der Waals surface area contributed by atoms with E-state index in [-0.39, 0.29) is 11.0 Å². The predicted molar refractivity (Wildman–Crippen MR) is 45.5 cm³/mol. The molecule has 0 bridgehead atoms. The maximum absolute atomic E-state index is 11.8. The van der Waals surface area contributed by atoms with Crippen LogP contribution in [0.3, 0.4) is 0 Å². The van der Waals surface area contributed by atoms with Gasteiger partial charge in [0, 0.05) is 11.9 Å². The number of hydrogen-bond donors (Lipinski definition) is 0. The van der Waals surface area contributed by atoms with E-state index in [2.05, 4.69) is 9.72 Å². The summed E-state index contributed by atoms with van der Waals surface area (Å²) in [5.41, 5.74) is 0.408. The highest BCUT2D eigenvalue weighted by Gasteiger charge is 2.31. The summed E-state index contributed by atoms with van der Waals surface area (Å²) >= 11 is 10.9. The summed E-state index contributed by atoms with van der Waals surface area (Å²) < 4.78 is 38.9. The van der Waals surface area contributed by atoms with Gasteiger partial charge < -0.3 is 4.74 Å². The van der Waals surface area contributed by atoms with E-state index in [1.165, 1.54) is 6.07 Å². The number of nitrogens with zero attached hydrogens (tertiary/aromatic N) is 1. The molecule has 0 unspecified atom stereocenters. The monoisotopic (exact) mass is 245 g/mol. The Morgan fingerprint density at radius 1 is 1.36 bits per heavy atom. The van der Waals surface area contributed by atoms with Crippen LogP contribution >= 0.6 is 23.2 Å². The molecule has 1 aromatic heterocycles. The Labute approximate surface area is 87.6 Å². The van der Waals surface area contributed by atoms with Crippen molar-refractivity contribution in [3.8, 4) is 5.88 Å². The van der Waals surface area contributed by atoms with Crippen LogP contribution in [0.25, 0.3) is 0 Å². The van der Waals surface area contributed by atoms with Crippen LogP contribution in [0.2, 0.25) is 5.15 Å². The number of ether oxygens (including phenoxy) is 1. The van der Waals surface area contributed by atoms with Crippen molar-refractivity contribution in [1.29, 1.82) is 0 Å². The number of aromatic nitrogens is 1. The normalized spacial score (nSPS) is 11.5. The molecule has 0 amide bonds. The van der Waals surface area contributed by atoms with Gasteiger partial charge >= 0.3 is 6.36 Å². The summed E-state index contributed by atoms with van der Waals surface area (Å²) in [4.78, 5) is 3.33. The Morgan fingerprint density at radius 2 is 2.00 bits per heavy atom. The lowest BCUT2D eigenvalue weighted by atomic mass is 10.3. The first-order valence-corrected chi connectivity index (χ1v) is 4.30. The zero-order valence-electron chi connectivity index (χ0n) is 6.61. The van der Waals surface area contributed by atoms with E-state index >= 15 is 0 Å². The Balaban J connectivity index is 2.92. The van der Waals surface area contributed by atoms with Gasteiger partial charge in [0.1, 0.15) is 5.15 Å². The van der Waals surface area contributed by atoms with Crippen molar-refractivity contribution < 1.29 is 17.9 Å². The fourth-order valence-electron chi connectivity index (χ4n) is 0.771. The highest BCUT2D eigenvalue weighted by Crippen LogP contribution is 2.24. The van der Waals surface area contributed by atoms with Crippen LogP contribution in [0, 0.1) is 0 Å². The maximum Gasteiger partial charge on any atom is 0.574 e.